The fourth-order valence-electron chi connectivity index (χ4n) is 2.34. The highest BCUT2D eigenvalue weighted by atomic mass is 32.2. The zero-order valence-electron chi connectivity index (χ0n) is 16.1. The number of nitrogens with one attached hydrogen (secondary N) is 2. The number of aryl methyl sites for hydroxylation is 1. The molecule has 30 heavy (non-hydrogen) atoms. The van der Waals surface area contributed by atoms with Crippen molar-refractivity contribution in [2.24, 2.45) is 0 Å². The van der Waals surface area contributed by atoms with Crippen LogP contribution >= 0.6 is 0 Å². The number of hydrogen-bond acceptors (Lipinski definition) is 9. The highest BCUT2D eigenvalue weighted by Gasteiger charge is 2.23. The average Bonchev–Trinajstić information content (AvgIpc) is 2.72. The monoisotopic (exact) mass is 430 g/mol. The van der Waals surface area contributed by atoms with Crippen LogP contribution in [0, 0.1) is 6.92 Å². The molecule has 0 saturated carbocycles. The second-order valence-electron chi connectivity index (χ2n) is 5.85. The molecule has 3 rings (SSSR count). The topological polar surface area (TPSA) is 145 Å². The Kier molecular flexibility index (Phi) is 6.37. The average molecular weight is 430 g/mol. The minimum absolute atomic E-state index is 0.0187. The lowest BCUT2D eigenvalue weighted by atomic mass is 10.3. The fraction of sp³-hybridized carbons (Fsp3) is 0.167. The number of hydrogen-bond donors (Lipinski definition) is 2. The van der Waals surface area contributed by atoms with Crippen molar-refractivity contribution < 1.29 is 22.7 Å². The highest BCUT2D eigenvalue weighted by Crippen LogP contribution is 2.24. The summed E-state index contributed by atoms with van der Waals surface area (Å²) in [7, 11) is -2.89. The minimum atomic E-state index is -4.25. The van der Waals surface area contributed by atoms with Crippen LogP contribution in [0.5, 0.6) is 11.8 Å². The first kappa shape index (κ1) is 20.9. The Balaban J connectivity index is 1.74. The summed E-state index contributed by atoms with van der Waals surface area (Å²) >= 11 is 0. The molecule has 0 aliphatic carbocycles. The number of sulfonamides is 1. The van der Waals surface area contributed by atoms with E-state index in [1.807, 2.05) is 4.72 Å². The van der Waals surface area contributed by atoms with Crippen molar-refractivity contribution in [3.63, 3.8) is 0 Å². The van der Waals surface area contributed by atoms with Gasteiger partial charge in [0.15, 0.2) is 0 Å². The number of urea groups is 1. The lowest BCUT2D eigenvalue weighted by Crippen LogP contribution is -2.35. The van der Waals surface area contributed by atoms with Crippen LogP contribution in [0.25, 0.3) is 0 Å². The van der Waals surface area contributed by atoms with Gasteiger partial charge < -0.3 is 9.47 Å². The Morgan fingerprint density at radius 2 is 1.90 bits per heavy atom. The van der Waals surface area contributed by atoms with Crippen LogP contribution in [0.3, 0.4) is 0 Å². The van der Waals surface area contributed by atoms with Gasteiger partial charge in [-0.3, -0.25) is 10.3 Å². The SMILES string of the molecule is COc1nc(C)nc(NC(=O)NS(=O)(=O)c2ccccc2OCc2cccnc2)n1. The molecule has 0 aliphatic heterocycles. The molecule has 0 atom stereocenters. The van der Waals surface area contributed by atoms with Crippen molar-refractivity contribution in [3.8, 4) is 11.8 Å². The van der Waals surface area contributed by atoms with Crippen LogP contribution in [0.4, 0.5) is 10.7 Å². The van der Waals surface area contributed by atoms with Gasteiger partial charge >= 0.3 is 12.0 Å². The maximum atomic E-state index is 12.7. The summed E-state index contributed by atoms with van der Waals surface area (Å²) < 4.78 is 37.8. The molecular weight excluding hydrogens is 412 g/mol. The van der Waals surface area contributed by atoms with Gasteiger partial charge in [-0.25, -0.2) is 17.9 Å². The van der Waals surface area contributed by atoms with Crippen molar-refractivity contribution in [2.75, 3.05) is 12.4 Å². The maximum Gasteiger partial charge on any atom is 0.335 e. The molecule has 2 N–H and O–H groups in total. The molecule has 0 aliphatic rings. The minimum Gasteiger partial charge on any atom is -0.487 e. The molecule has 1 aromatic carbocycles. The lowest BCUT2D eigenvalue weighted by Gasteiger charge is -2.13. The van der Waals surface area contributed by atoms with E-state index in [1.54, 1.807) is 37.5 Å². The van der Waals surface area contributed by atoms with Crippen LogP contribution in [-0.4, -0.2) is 41.5 Å². The lowest BCUT2D eigenvalue weighted by molar-refractivity contribution is 0.256. The summed E-state index contributed by atoms with van der Waals surface area (Å²) in [6, 6.07) is 8.42. The Hall–Kier alpha value is -3.80. The maximum absolute atomic E-state index is 12.7. The van der Waals surface area contributed by atoms with Gasteiger partial charge in [0.2, 0.25) is 5.95 Å². The molecule has 12 heteroatoms. The molecule has 0 radical (unpaired) electrons. The number of carbonyl (C=O) groups is 1. The predicted octanol–water partition coefficient (Wildman–Crippen LogP) is 1.67. The van der Waals surface area contributed by atoms with Crippen LogP contribution in [0.2, 0.25) is 0 Å². The van der Waals surface area contributed by atoms with Crippen LogP contribution < -0.4 is 19.5 Å². The third kappa shape index (κ3) is 5.38. The number of rotatable bonds is 7. The first-order chi connectivity index (χ1) is 14.4. The van der Waals surface area contributed by atoms with E-state index in [0.717, 1.165) is 5.56 Å². The highest BCUT2D eigenvalue weighted by molar-refractivity contribution is 7.90. The zero-order valence-corrected chi connectivity index (χ0v) is 16.9. The summed E-state index contributed by atoms with van der Waals surface area (Å²) in [6.07, 6.45) is 3.22. The number of methoxy groups -OCH3 is 1. The largest absolute Gasteiger partial charge is 0.487 e. The van der Waals surface area contributed by atoms with Gasteiger partial charge in [-0.15, -0.1) is 0 Å². The molecule has 2 heterocycles. The van der Waals surface area contributed by atoms with E-state index in [0.29, 0.717) is 0 Å². The molecule has 3 aromatic rings. The second-order valence-corrected chi connectivity index (χ2v) is 7.50. The summed E-state index contributed by atoms with van der Waals surface area (Å²) in [5.41, 5.74) is 0.759. The quantitative estimate of drug-likeness (QED) is 0.571. The smallest absolute Gasteiger partial charge is 0.335 e. The van der Waals surface area contributed by atoms with Gasteiger partial charge in [0.1, 0.15) is 23.1 Å². The van der Waals surface area contributed by atoms with E-state index in [4.69, 9.17) is 9.47 Å². The van der Waals surface area contributed by atoms with Crippen molar-refractivity contribution in [1.29, 1.82) is 0 Å². The summed E-state index contributed by atoms with van der Waals surface area (Å²) in [4.78, 5) is 27.6. The number of ether oxygens (including phenoxy) is 2. The van der Waals surface area contributed by atoms with E-state index in [-0.39, 0.29) is 35.0 Å². The molecule has 156 valence electrons. The third-order valence-corrected chi connectivity index (χ3v) is 4.99. The Morgan fingerprint density at radius 3 is 2.63 bits per heavy atom. The third-order valence-electron chi connectivity index (χ3n) is 3.62. The summed E-state index contributed by atoms with van der Waals surface area (Å²) in [5.74, 6) is 0.210. The molecular formula is C18H18N6O5S. The number of pyridine rings is 1. The van der Waals surface area contributed by atoms with Gasteiger partial charge in [-0.05, 0) is 25.1 Å². The molecule has 0 unspecified atom stereocenters. The fourth-order valence-corrected chi connectivity index (χ4v) is 3.40. The number of anilines is 1. The number of amides is 2. The molecule has 0 spiro atoms. The number of nitrogens with zero attached hydrogens (tertiary/aromatic N) is 4. The first-order valence-electron chi connectivity index (χ1n) is 8.58. The standard InChI is InChI=1S/C18H18N6O5S/c1-12-20-16(23-18(21-12)28-2)22-17(25)24-30(26,27)15-8-4-3-7-14(15)29-11-13-6-5-9-19-10-13/h3-10H,11H2,1-2H3,(H2,20,21,22,23,24,25). The Labute approximate surface area is 172 Å². The molecule has 0 saturated heterocycles. The Bertz CT molecular complexity index is 1140. The number of carbonyl (C=O) groups excluding carboxylic acids is 1. The molecule has 0 fully saturated rings. The number of benzene rings is 1. The van der Waals surface area contributed by atoms with Crippen molar-refractivity contribution >= 4 is 22.0 Å². The predicted molar refractivity (Wildman–Crippen MR) is 105 cm³/mol. The van der Waals surface area contributed by atoms with E-state index in [1.165, 1.54) is 25.3 Å². The zero-order chi connectivity index (χ0) is 21.6. The van der Waals surface area contributed by atoms with E-state index in [2.05, 4.69) is 25.3 Å². The molecule has 2 amide bonds. The van der Waals surface area contributed by atoms with E-state index in [9.17, 15) is 13.2 Å². The van der Waals surface area contributed by atoms with Gasteiger partial charge in [0.05, 0.1) is 7.11 Å². The van der Waals surface area contributed by atoms with Crippen LogP contribution in [0.15, 0.2) is 53.7 Å². The summed E-state index contributed by atoms with van der Waals surface area (Å²) in [6.45, 7) is 1.68. The van der Waals surface area contributed by atoms with Gasteiger partial charge in [0.25, 0.3) is 10.0 Å². The molecule has 2 aromatic heterocycles. The normalized spacial score (nSPS) is 10.9. The number of aromatic nitrogens is 4. The number of para-hydroxylation sites is 1. The van der Waals surface area contributed by atoms with Crippen molar-refractivity contribution in [2.45, 2.75) is 18.4 Å². The van der Waals surface area contributed by atoms with Gasteiger partial charge in [-0.1, -0.05) is 18.2 Å². The molecule has 11 nitrogen and oxygen atoms in total. The van der Waals surface area contributed by atoms with Crippen molar-refractivity contribution in [3.05, 3.63) is 60.2 Å². The van der Waals surface area contributed by atoms with E-state index >= 15 is 0 Å². The van der Waals surface area contributed by atoms with Gasteiger partial charge in [-0.2, -0.15) is 15.0 Å². The van der Waals surface area contributed by atoms with Gasteiger partial charge in [0, 0.05) is 18.0 Å². The van der Waals surface area contributed by atoms with Crippen molar-refractivity contribution in [1.82, 2.24) is 24.7 Å². The van der Waals surface area contributed by atoms with Crippen LogP contribution in [0.1, 0.15) is 11.4 Å². The second kappa shape index (κ2) is 9.13. The Morgan fingerprint density at radius 1 is 1.10 bits per heavy atom. The van der Waals surface area contributed by atoms with Crippen LogP contribution in [-0.2, 0) is 16.6 Å². The summed E-state index contributed by atoms with van der Waals surface area (Å²) in [5, 5.41) is 2.24. The molecule has 0 bridgehead atoms. The first-order valence-corrected chi connectivity index (χ1v) is 10.1. The van der Waals surface area contributed by atoms with E-state index < -0.39 is 16.1 Å².